The van der Waals surface area contributed by atoms with E-state index in [1.165, 1.54) is 17.6 Å². The van der Waals surface area contributed by atoms with E-state index in [1.54, 1.807) is 12.1 Å². The predicted octanol–water partition coefficient (Wildman–Crippen LogP) is 1.57. The molecule has 1 N–H and O–H groups in total. The molecular weight excluding hydrogens is 395 g/mol. The monoisotopic (exact) mass is 411 g/mol. The van der Waals surface area contributed by atoms with E-state index in [1.807, 2.05) is 0 Å². The van der Waals surface area contributed by atoms with Crippen LogP contribution < -0.4 is 21.5 Å². The second kappa shape index (κ2) is 6.74. The summed E-state index contributed by atoms with van der Waals surface area (Å²) in [6, 6.07) is 5.33. The molecule has 0 amide bonds. The summed E-state index contributed by atoms with van der Waals surface area (Å²) in [5.41, 5.74) is -3.14. The molecule has 0 bridgehead atoms. The molecule has 3 aromatic rings. The smallest absolute Gasteiger partial charge is 0.353 e. The third-order valence-corrected chi connectivity index (χ3v) is 5.54. The molecule has 1 fully saturated rings. The molecule has 0 atom stereocenters. The fraction of sp³-hybridized carbons (Fsp3) is 0.353. The van der Waals surface area contributed by atoms with Gasteiger partial charge in [0, 0.05) is 44.7 Å². The van der Waals surface area contributed by atoms with Crippen molar-refractivity contribution in [2.24, 2.45) is 7.05 Å². The van der Waals surface area contributed by atoms with Gasteiger partial charge in [0.15, 0.2) is 0 Å². The maximum atomic E-state index is 13.0. The lowest BCUT2D eigenvalue weighted by atomic mass is 10.2. The molecule has 11 heteroatoms. The first kappa shape index (κ1) is 18.7. The van der Waals surface area contributed by atoms with Crippen LogP contribution in [-0.4, -0.2) is 39.7 Å². The van der Waals surface area contributed by atoms with Gasteiger partial charge >= 0.3 is 11.9 Å². The molecule has 1 aliphatic heterocycles. The Morgan fingerprint density at radius 2 is 1.86 bits per heavy atom. The van der Waals surface area contributed by atoms with Gasteiger partial charge in [0.1, 0.15) is 11.5 Å². The maximum Gasteiger partial charge on any atom is 0.431 e. The fourth-order valence-corrected chi connectivity index (χ4v) is 4.07. The van der Waals surface area contributed by atoms with Crippen LogP contribution in [0.1, 0.15) is 5.69 Å². The topological polar surface area (TPSA) is 72.2 Å². The van der Waals surface area contributed by atoms with Gasteiger partial charge in [-0.05, 0) is 29.7 Å². The lowest BCUT2D eigenvalue weighted by molar-refractivity contribution is -0.144. The summed E-state index contributed by atoms with van der Waals surface area (Å²) in [5, 5.41) is 4.02. The number of nitrogens with zero attached hydrogens (tertiary/aromatic N) is 4. The van der Waals surface area contributed by atoms with Crippen LogP contribution in [-0.2, 0) is 13.2 Å². The van der Waals surface area contributed by atoms with Gasteiger partial charge in [-0.25, -0.2) is 9.36 Å². The summed E-state index contributed by atoms with van der Waals surface area (Å²) in [5.74, 6) is 0.750. The molecule has 28 heavy (non-hydrogen) atoms. The lowest BCUT2D eigenvalue weighted by Crippen LogP contribution is -2.43. The summed E-state index contributed by atoms with van der Waals surface area (Å²) >= 11 is 1.30. The van der Waals surface area contributed by atoms with Crippen molar-refractivity contribution in [1.82, 2.24) is 18.8 Å². The van der Waals surface area contributed by atoms with Gasteiger partial charge in [-0.15, -0.1) is 0 Å². The Bertz CT molecular complexity index is 1160. The molecule has 1 aliphatic rings. The number of alkyl halides is 3. The Morgan fingerprint density at radius 1 is 1.14 bits per heavy atom. The fourth-order valence-electron chi connectivity index (χ4n) is 3.29. The van der Waals surface area contributed by atoms with E-state index < -0.39 is 23.1 Å². The highest BCUT2D eigenvalue weighted by Gasteiger charge is 2.35. The Hall–Kier alpha value is -2.66. The van der Waals surface area contributed by atoms with E-state index in [-0.39, 0.29) is 5.69 Å². The minimum absolute atomic E-state index is 0.211. The first-order chi connectivity index (χ1) is 13.3. The van der Waals surface area contributed by atoms with E-state index in [4.69, 9.17) is 0 Å². The van der Waals surface area contributed by atoms with Crippen molar-refractivity contribution >= 4 is 27.4 Å². The number of benzene rings is 1. The molecule has 0 aliphatic carbocycles. The second-order valence-corrected chi connectivity index (χ2v) is 7.27. The number of hydrogen-bond donors (Lipinski definition) is 1. The molecule has 4 rings (SSSR count). The van der Waals surface area contributed by atoms with Crippen molar-refractivity contribution in [2.45, 2.75) is 6.18 Å². The van der Waals surface area contributed by atoms with Crippen LogP contribution in [0.4, 0.5) is 19.0 Å². The summed E-state index contributed by atoms with van der Waals surface area (Å²) in [6.07, 6.45) is -4.79. The van der Waals surface area contributed by atoms with Crippen molar-refractivity contribution in [3.63, 3.8) is 0 Å². The molecule has 0 spiro atoms. The van der Waals surface area contributed by atoms with Gasteiger partial charge in [-0.1, -0.05) is 0 Å². The molecular formula is C17H16F3N5O2S. The lowest BCUT2D eigenvalue weighted by Gasteiger charge is -2.27. The van der Waals surface area contributed by atoms with Gasteiger partial charge in [0.2, 0.25) is 0 Å². The number of anilines is 1. The zero-order chi connectivity index (χ0) is 20.1. The molecule has 1 saturated heterocycles. The Kier molecular flexibility index (Phi) is 4.50. The summed E-state index contributed by atoms with van der Waals surface area (Å²) in [6.45, 7) is 3.17. The molecule has 2 aromatic heterocycles. The quantitative estimate of drug-likeness (QED) is 0.693. The third kappa shape index (κ3) is 3.10. The van der Waals surface area contributed by atoms with Crippen molar-refractivity contribution < 1.29 is 13.2 Å². The number of fused-ring (bicyclic) bond motifs is 1. The molecule has 148 valence electrons. The van der Waals surface area contributed by atoms with Crippen LogP contribution in [0.3, 0.4) is 0 Å². The predicted molar refractivity (Wildman–Crippen MR) is 101 cm³/mol. The Labute approximate surface area is 160 Å². The minimum Gasteiger partial charge on any atom is -0.353 e. The van der Waals surface area contributed by atoms with E-state index in [0.717, 1.165) is 53.7 Å². The Morgan fingerprint density at radius 3 is 2.54 bits per heavy atom. The Balaban J connectivity index is 1.87. The van der Waals surface area contributed by atoms with Crippen LogP contribution in [0.15, 0.2) is 33.9 Å². The van der Waals surface area contributed by atoms with E-state index in [0.29, 0.717) is 10.6 Å². The molecule has 0 radical (unpaired) electrons. The van der Waals surface area contributed by atoms with Crippen molar-refractivity contribution in [2.75, 3.05) is 31.1 Å². The number of piperazine rings is 1. The molecule has 0 unspecified atom stereocenters. The number of rotatable bonds is 2. The number of nitrogens with one attached hydrogen (secondary N) is 1. The molecule has 0 saturated carbocycles. The maximum absolute atomic E-state index is 13.0. The average molecular weight is 411 g/mol. The highest BCUT2D eigenvalue weighted by Crippen LogP contribution is 2.31. The second-order valence-electron chi connectivity index (χ2n) is 6.47. The number of aromatic nitrogens is 3. The van der Waals surface area contributed by atoms with Crippen LogP contribution in [0.25, 0.3) is 15.8 Å². The van der Waals surface area contributed by atoms with Gasteiger partial charge < -0.3 is 10.2 Å². The first-order valence-electron chi connectivity index (χ1n) is 8.53. The van der Waals surface area contributed by atoms with Gasteiger partial charge in [-0.3, -0.25) is 9.36 Å². The largest absolute Gasteiger partial charge is 0.431 e. The van der Waals surface area contributed by atoms with Crippen molar-refractivity contribution in [1.29, 1.82) is 0 Å². The summed E-state index contributed by atoms with van der Waals surface area (Å²) in [4.78, 5) is 27.0. The number of halogens is 3. The third-order valence-electron chi connectivity index (χ3n) is 4.72. The van der Waals surface area contributed by atoms with Crippen molar-refractivity contribution in [3.8, 4) is 5.69 Å². The van der Waals surface area contributed by atoms with Crippen LogP contribution in [0.2, 0.25) is 0 Å². The summed E-state index contributed by atoms with van der Waals surface area (Å²) < 4.78 is 45.7. The van der Waals surface area contributed by atoms with Crippen LogP contribution >= 0.6 is 11.5 Å². The van der Waals surface area contributed by atoms with Crippen molar-refractivity contribution in [3.05, 3.63) is 50.8 Å². The minimum atomic E-state index is -4.79. The van der Waals surface area contributed by atoms with Crippen LogP contribution in [0.5, 0.6) is 0 Å². The van der Waals surface area contributed by atoms with Gasteiger partial charge in [-0.2, -0.15) is 17.5 Å². The summed E-state index contributed by atoms with van der Waals surface area (Å²) in [7, 11) is 0.998. The zero-order valence-electron chi connectivity index (χ0n) is 14.8. The molecule has 1 aromatic carbocycles. The highest BCUT2D eigenvalue weighted by molar-refractivity contribution is 7.13. The van der Waals surface area contributed by atoms with Gasteiger partial charge in [0.25, 0.3) is 5.56 Å². The SMILES string of the molecule is Cn1c(C(F)(F)F)cc(=O)n(-c2ccc3snc(N4CCNCC4)c3c2)c1=O. The highest BCUT2D eigenvalue weighted by atomic mass is 32.1. The van der Waals surface area contributed by atoms with E-state index in [9.17, 15) is 22.8 Å². The molecule has 7 nitrogen and oxygen atoms in total. The zero-order valence-corrected chi connectivity index (χ0v) is 15.6. The standard InChI is InChI=1S/C17H16F3N5O2S/c1-23-13(17(18,19)20)9-14(26)25(16(23)27)10-2-3-12-11(8-10)15(22-28-12)24-6-4-21-5-7-24/h2-3,8-9,21H,4-7H2,1H3. The van der Waals surface area contributed by atoms with Gasteiger partial charge in [0.05, 0.1) is 10.4 Å². The first-order valence-corrected chi connectivity index (χ1v) is 9.30. The van der Waals surface area contributed by atoms with E-state index in [2.05, 4.69) is 14.6 Å². The van der Waals surface area contributed by atoms with E-state index >= 15 is 0 Å². The normalized spacial score (nSPS) is 15.4. The average Bonchev–Trinajstić information content (AvgIpc) is 3.08. The number of hydrogen-bond acceptors (Lipinski definition) is 6. The molecule has 3 heterocycles. The van der Waals surface area contributed by atoms with Crippen LogP contribution in [0, 0.1) is 0 Å².